The van der Waals surface area contributed by atoms with Crippen LogP contribution in [-0.4, -0.2) is 28.6 Å². The zero-order valence-electron chi connectivity index (χ0n) is 15.4. The molecule has 0 atom stereocenters. The summed E-state index contributed by atoms with van der Waals surface area (Å²) in [5.41, 5.74) is 1.24. The van der Waals surface area contributed by atoms with Gasteiger partial charge in [0.2, 0.25) is 0 Å². The molecule has 132 valence electrons. The zero-order chi connectivity index (χ0) is 17.0. The standard InChI is InChI=1S/C19H34O3Si/c1-5-8-15-20-23(21-16-9-6-2,22-17-10-7-3)19-13-11-18(4)12-14-19/h11-14H,5-10,15-17H2,1-4H3. The highest BCUT2D eigenvalue weighted by molar-refractivity contribution is 6.75. The molecule has 0 aliphatic carbocycles. The van der Waals surface area contributed by atoms with E-state index in [9.17, 15) is 0 Å². The van der Waals surface area contributed by atoms with Gasteiger partial charge in [-0.15, -0.1) is 0 Å². The molecule has 0 unspecified atom stereocenters. The van der Waals surface area contributed by atoms with Crippen LogP contribution in [0.15, 0.2) is 24.3 Å². The van der Waals surface area contributed by atoms with E-state index in [4.69, 9.17) is 13.3 Å². The zero-order valence-corrected chi connectivity index (χ0v) is 16.4. The van der Waals surface area contributed by atoms with Crippen LogP contribution in [0.2, 0.25) is 0 Å². The molecule has 0 fully saturated rings. The Morgan fingerprint density at radius 2 is 1.09 bits per heavy atom. The Balaban J connectivity index is 2.95. The third-order valence-corrected chi connectivity index (χ3v) is 6.57. The van der Waals surface area contributed by atoms with Crippen molar-refractivity contribution < 1.29 is 13.3 Å². The van der Waals surface area contributed by atoms with Crippen LogP contribution < -0.4 is 5.19 Å². The average molecular weight is 339 g/mol. The maximum Gasteiger partial charge on any atom is 0.537 e. The number of benzene rings is 1. The van der Waals surface area contributed by atoms with Crippen molar-refractivity contribution in [3.05, 3.63) is 29.8 Å². The molecule has 0 heterocycles. The van der Waals surface area contributed by atoms with Crippen molar-refractivity contribution in [1.29, 1.82) is 0 Å². The third-order valence-electron chi connectivity index (χ3n) is 3.78. The maximum absolute atomic E-state index is 6.28. The van der Waals surface area contributed by atoms with Crippen molar-refractivity contribution in [3.8, 4) is 0 Å². The molecular weight excluding hydrogens is 304 g/mol. The van der Waals surface area contributed by atoms with E-state index in [-0.39, 0.29) is 0 Å². The quantitative estimate of drug-likeness (QED) is 0.389. The van der Waals surface area contributed by atoms with Crippen LogP contribution in [0.3, 0.4) is 0 Å². The number of rotatable bonds is 13. The van der Waals surface area contributed by atoms with Crippen LogP contribution in [0.25, 0.3) is 0 Å². The molecule has 0 saturated carbocycles. The Bertz CT molecular complexity index is 379. The molecule has 0 aromatic heterocycles. The predicted molar refractivity (Wildman–Crippen MR) is 99.1 cm³/mol. The van der Waals surface area contributed by atoms with Gasteiger partial charge in [-0.25, -0.2) is 0 Å². The van der Waals surface area contributed by atoms with Crippen molar-refractivity contribution in [2.45, 2.75) is 66.2 Å². The van der Waals surface area contributed by atoms with Gasteiger partial charge < -0.3 is 13.3 Å². The molecule has 0 spiro atoms. The summed E-state index contributed by atoms with van der Waals surface area (Å²) in [6.07, 6.45) is 6.45. The van der Waals surface area contributed by atoms with Gasteiger partial charge in [0, 0.05) is 25.0 Å². The second-order valence-corrected chi connectivity index (χ2v) is 8.58. The topological polar surface area (TPSA) is 27.7 Å². The molecule has 0 aliphatic heterocycles. The maximum atomic E-state index is 6.28. The number of aryl methyl sites for hydroxylation is 1. The van der Waals surface area contributed by atoms with E-state index in [2.05, 4.69) is 52.0 Å². The Kier molecular flexibility index (Phi) is 10.4. The van der Waals surface area contributed by atoms with Crippen LogP contribution in [0.4, 0.5) is 0 Å². The molecule has 23 heavy (non-hydrogen) atoms. The molecule has 0 N–H and O–H groups in total. The minimum absolute atomic E-state index is 0.703. The number of hydrogen-bond acceptors (Lipinski definition) is 3. The summed E-state index contributed by atoms with van der Waals surface area (Å²) in [4.78, 5) is 0. The Labute approximate surface area is 143 Å². The lowest BCUT2D eigenvalue weighted by molar-refractivity contribution is 0.0700. The molecule has 0 bridgehead atoms. The van der Waals surface area contributed by atoms with Gasteiger partial charge in [-0.3, -0.25) is 0 Å². The Morgan fingerprint density at radius 3 is 1.43 bits per heavy atom. The van der Waals surface area contributed by atoms with E-state index in [0.717, 1.165) is 43.7 Å². The number of unbranched alkanes of at least 4 members (excludes halogenated alkanes) is 3. The smallest absolute Gasteiger partial charge is 0.370 e. The van der Waals surface area contributed by atoms with Crippen molar-refractivity contribution in [1.82, 2.24) is 0 Å². The normalized spacial score (nSPS) is 11.8. The van der Waals surface area contributed by atoms with Crippen LogP contribution >= 0.6 is 0 Å². The lowest BCUT2D eigenvalue weighted by Crippen LogP contribution is -2.57. The summed E-state index contributed by atoms with van der Waals surface area (Å²) in [6.45, 7) is 10.7. The molecule has 0 aliphatic rings. The second kappa shape index (κ2) is 11.8. The Hall–Kier alpha value is -0.683. The van der Waals surface area contributed by atoms with Crippen LogP contribution in [-0.2, 0) is 13.3 Å². The van der Waals surface area contributed by atoms with E-state index in [1.165, 1.54) is 5.56 Å². The van der Waals surface area contributed by atoms with E-state index < -0.39 is 8.80 Å². The molecule has 0 saturated heterocycles. The van der Waals surface area contributed by atoms with Gasteiger partial charge in [0.15, 0.2) is 0 Å². The van der Waals surface area contributed by atoms with Gasteiger partial charge in [0.05, 0.1) is 0 Å². The van der Waals surface area contributed by atoms with E-state index in [1.54, 1.807) is 0 Å². The van der Waals surface area contributed by atoms with E-state index in [1.807, 2.05) is 0 Å². The lowest BCUT2D eigenvalue weighted by Gasteiger charge is -2.30. The SMILES string of the molecule is CCCCO[Si](OCCCC)(OCCCC)c1ccc(C)cc1. The summed E-state index contributed by atoms with van der Waals surface area (Å²) in [5, 5.41) is 1.09. The molecule has 4 heteroatoms. The molecule has 1 aromatic carbocycles. The minimum atomic E-state index is -2.81. The van der Waals surface area contributed by atoms with E-state index >= 15 is 0 Å². The summed E-state index contributed by atoms with van der Waals surface area (Å²) in [5.74, 6) is 0. The first-order valence-corrected chi connectivity index (χ1v) is 10.9. The van der Waals surface area contributed by atoms with Gasteiger partial charge in [-0.05, 0) is 26.2 Å². The molecular formula is C19H34O3Si. The summed E-state index contributed by atoms with van der Waals surface area (Å²) in [6, 6.07) is 8.47. The van der Waals surface area contributed by atoms with Gasteiger partial charge >= 0.3 is 8.80 Å². The summed E-state index contributed by atoms with van der Waals surface area (Å²) < 4.78 is 18.9. The summed E-state index contributed by atoms with van der Waals surface area (Å²) >= 11 is 0. The predicted octanol–water partition coefficient (Wildman–Crippen LogP) is 4.59. The highest BCUT2D eigenvalue weighted by atomic mass is 28.4. The van der Waals surface area contributed by atoms with Crippen molar-refractivity contribution in [3.63, 3.8) is 0 Å². The first-order valence-electron chi connectivity index (χ1n) is 9.17. The van der Waals surface area contributed by atoms with Crippen molar-refractivity contribution >= 4 is 14.0 Å². The van der Waals surface area contributed by atoms with Crippen LogP contribution in [0.5, 0.6) is 0 Å². The fourth-order valence-corrected chi connectivity index (χ4v) is 4.75. The molecule has 1 rings (SSSR count). The fraction of sp³-hybridized carbons (Fsp3) is 0.684. The first-order chi connectivity index (χ1) is 11.2. The van der Waals surface area contributed by atoms with Gasteiger partial charge in [-0.2, -0.15) is 0 Å². The third kappa shape index (κ3) is 7.17. The summed E-state index contributed by atoms with van der Waals surface area (Å²) in [7, 11) is -2.81. The minimum Gasteiger partial charge on any atom is -0.370 e. The van der Waals surface area contributed by atoms with E-state index in [0.29, 0.717) is 19.8 Å². The highest BCUT2D eigenvalue weighted by Gasteiger charge is 2.43. The van der Waals surface area contributed by atoms with Crippen LogP contribution in [0, 0.1) is 6.92 Å². The molecule has 0 radical (unpaired) electrons. The van der Waals surface area contributed by atoms with Crippen molar-refractivity contribution in [2.75, 3.05) is 19.8 Å². The largest absolute Gasteiger partial charge is 0.537 e. The second-order valence-electron chi connectivity index (χ2n) is 6.03. The van der Waals surface area contributed by atoms with Gasteiger partial charge in [-0.1, -0.05) is 69.9 Å². The van der Waals surface area contributed by atoms with Gasteiger partial charge in [0.25, 0.3) is 0 Å². The van der Waals surface area contributed by atoms with Gasteiger partial charge in [0.1, 0.15) is 0 Å². The fourth-order valence-electron chi connectivity index (χ4n) is 2.19. The highest BCUT2D eigenvalue weighted by Crippen LogP contribution is 2.14. The van der Waals surface area contributed by atoms with Crippen molar-refractivity contribution in [2.24, 2.45) is 0 Å². The average Bonchev–Trinajstić information content (AvgIpc) is 2.56. The monoisotopic (exact) mass is 338 g/mol. The molecule has 1 aromatic rings. The first kappa shape index (κ1) is 20.4. The Morgan fingerprint density at radius 1 is 0.696 bits per heavy atom. The molecule has 0 amide bonds. The van der Waals surface area contributed by atoms with Crippen LogP contribution in [0.1, 0.15) is 64.9 Å². The number of hydrogen-bond donors (Lipinski definition) is 0. The molecule has 3 nitrogen and oxygen atoms in total. The lowest BCUT2D eigenvalue weighted by atomic mass is 10.2.